The van der Waals surface area contributed by atoms with Crippen molar-refractivity contribution in [3.05, 3.63) is 22.7 Å². The second kappa shape index (κ2) is 5.98. The lowest BCUT2D eigenvalue weighted by Gasteiger charge is -2.14. The zero-order chi connectivity index (χ0) is 14.8. The Kier molecular flexibility index (Phi) is 5.06. The van der Waals surface area contributed by atoms with Crippen LogP contribution in [-0.4, -0.2) is 27.5 Å². The minimum Gasteiger partial charge on any atom is -0.494 e. The largest absolute Gasteiger partial charge is 0.494 e. The first kappa shape index (κ1) is 16.1. The van der Waals surface area contributed by atoms with Crippen LogP contribution < -0.4 is 10.1 Å². The maximum Gasteiger partial charge on any atom is 0.265 e. The maximum atomic E-state index is 12.0. The second-order valence-corrected chi connectivity index (χ2v) is 7.02. The number of ether oxygens (including phenoxy) is 1. The van der Waals surface area contributed by atoms with Crippen LogP contribution >= 0.6 is 22.3 Å². The first-order chi connectivity index (χ1) is 8.66. The van der Waals surface area contributed by atoms with Crippen molar-refractivity contribution in [3.8, 4) is 5.75 Å². The average molecular weight is 326 g/mol. The Morgan fingerprint density at radius 3 is 2.37 bits per heavy atom. The lowest BCUT2D eigenvalue weighted by Crippen LogP contribution is -2.30. The van der Waals surface area contributed by atoms with Gasteiger partial charge in [-0.05, 0) is 26.0 Å². The molecule has 19 heavy (non-hydrogen) atoms. The zero-order valence-corrected chi connectivity index (χ0v) is 12.9. The number of benzene rings is 1. The molecule has 0 atom stereocenters. The molecule has 1 aromatic carbocycles. The van der Waals surface area contributed by atoms with E-state index >= 15 is 0 Å². The molecule has 1 rings (SSSR count). The van der Waals surface area contributed by atoms with Gasteiger partial charge in [0.25, 0.3) is 15.0 Å². The van der Waals surface area contributed by atoms with Crippen molar-refractivity contribution in [2.45, 2.75) is 24.8 Å². The molecule has 8 heteroatoms. The number of rotatable bonds is 4. The van der Waals surface area contributed by atoms with Gasteiger partial charge in [-0.25, -0.2) is 8.42 Å². The molecule has 0 aliphatic heterocycles. The Morgan fingerprint density at radius 1 is 1.37 bits per heavy atom. The van der Waals surface area contributed by atoms with E-state index in [0.29, 0.717) is 0 Å². The van der Waals surface area contributed by atoms with Crippen LogP contribution in [0.2, 0.25) is 5.02 Å². The minimum absolute atomic E-state index is 0.0166. The van der Waals surface area contributed by atoms with E-state index in [1.165, 1.54) is 13.2 Å². The van der Waals surface area contributed by atoms with Gasteiger partial charge in [-0.3, -0.25) is 4.79 Å². The summed E-state index contributed by atoms with van der Waals surface area (Å²) in [5.74, 6) is -0.617. The predicted octanol–water partition coefficient (Wildman–Crippen LogP) is 2.41. The van der Waals surface area contributed by atoms with Gasteiger partial charge in [0, 0.05) is 21.7 Å². The highest BCUT2D eigenvalue weighted by Gasteiger charge is 2.24. The van der Waals surface area contributed by atoms with Gasteiger partial charge >= 0.3 is 0 Å². The number of carbonyl (C=O) groups excluding carboxylic acids is 1. The second-order valence-electron chi connectivity index (χ2n) is 4.05. The minimum atomic E-state index is -4.07. The van der Waals surface area contributed by atoms with Crippen LogP contribution in [0.1, 0.15) is 24.2 Å². The van der Waals surface area contributed by atoms with Gasteiger partial charge in [0.2, 0.25) is 0 Å². The van der Waals surface area contributed by atoms with Crippen molar-refractivity contribution in [3.63, 3.8) is 0 Å². The van der Waals surface area contributed by atoms with Gasteiger partial charge in [-0.2, -0.15) is 0 Å². The van der Waals surface area contributed by atoms with Gasteiger partial charge in [-0.1, -0.05) is 11.6 Å². The first-order valence-electron chi connectivity index (χ1n) is 5.30. The average Bonchev–Trinajstić information content (AvgIpc) is 2.25. The van der Waals surface area contributed by atoms with Crippen LogP contribution in [0.15, 0.2) is 17.0 Å². The number of carbonyl (C=O) groups is 1. The molecule has 0 spiro atoms. The van der Waals surface area contributed by atoms with Crippen LogP contribution in [0, 0.1) is 0 Å². The summed E-state index contributed by atoms with van der Waals surface area (Å²) in [6.45, 7) is 3.54. The Labute approximate surface area is 121 Å². The Hall–Kier alpha value is -0.980. The van der Waals surface area contributed by atoms with Crippen LogP contribution in [0.4, 0.5) is 0 Å². The quantitative estimate of drug-likeness (QED) is 0.863. The van der Waals surface area contributed by atoms with Crippen molar-refractivity contribution in [1.29, 1.82) is 0 Å². The van der Waals surface area contributed by atoms with Crippen molar-refractivity contribution in [2.75, 3.05) is 7.11 Å². The fourth-order valence-electron chi connectivity index (χ4n) is 1.47. The number of halogens is 2. The summed E-state index contributed by atoms with van der Waals surface area (Å²) in [5.41, 5.74) is 0.0166. The number of amides is 1. The van der Waals surface area contributed by atoms with Gasteiger partial charge in [0.1, 0.15) is 4.90 Å². The van der Waals surface area contributed by atoms with Gasteiger partial charge in [-0.15, -0.1) is 0 Å². The van der Waals surface area contributed by atoms with Gasteiger partial charge < -0.3 is 10.1 Å². The summed E-state index contributed by atoms with van der Waals surface area (Å²) >= 11 is 5.81. The van der Waals surface area contributed by atoms with Gasteiger partial charge in [0.05, 0.1) is 12.7 Å². The highest BCUT2D eigenvalue weighted by atomic mass is 35.7. The lowest BCUT2D eigenvalue weighted by atomic mass is 10.1. The summed E-state index contributed by atoms with van der Waals surface area (Å²) in [5, 5.41) is 2.70. The fraction of sp³-hybridized carbons (Fsp3) is 0.364. The molecule has 0 bridgehead atoms. The van der Waals surface area contributed by atoms with E-state index in [1.807, 2.05) is 0 Å². The van der Waals surface area contributed by atoms with E-state index < -0.39 is 15.0 Å². The molecule has 1 aromatic rings. The molecule has 0 radical (unpaired) electrons. The number of methoxy groups -OCH3 is 1. The molecule has 0 fully saturated rings. The third-order valence-corrected chi connectivity index (χ3v) is 3.70. The van der Waals surface area contributed by atoms with E-state index in [0.717, 1.165) is 6.07 Å². The van der Waals surface area contributed by atoms with Crippen molar-refractivity contribution < 1.29 is 17.9 Å². The fourth-order valence-corrected chi connectivity index (χ4v) is 2.78. The molecule has 5 nitrogen and oxygen atoms in total. The van der Waals surface area contributed by atoms with E-state index in [9.17, 15) is 13.2 Å². The summed E-state index contributed by atoms with van der Waals surface area (Å²) in [4.78, 5) is 11.6. The van der Waals surface area contributed by atoms with E-state index in [-0.39, 0.29) is 27.3 Å². The SMILES string of the molecule is COc1c(C(=O)NC(C)C)cc(Cl)cc1S(=O)(=O)Cl. The lowest BCUT2D eigenvalue weighted by molar-refractivity contribution is 0.0939. The van der Waals surface area contributed by atoms with Crippen LogP contribution in [-0.2, 0) is 9.05 Å². The van der Waals surface area contributed by atoms with E-state index in [2.05, 4.69) is 5.32 Å². The first-order valence-corrected chi connectivity index (χ1v) is 7.98. The summed E-state index contributed by atoms with van der Waals surface area (Å²) in [6.07, 6.45) is 0. The highest BCUT2D eigenvalue weighted by molar-refractivity contribution is 8.13. The molecule has 0 aliphatic rings. The molecule has 0 aromatic heterocycles. The van der Waals surface area contributed by atoms with E-state index in [1.54, 1.807) is 13.8 Å². The number of nitrogens with one attached hydrogen (secondary N) is 1. The number of hydrogen-bond acceptors (Lipinski definition) is 4. The zero-order valence-electron chi connectivity index (χ0n) is 10.5. The molecule has 0 unspecified atom stereocenters. The summed E-state index contributed by atoms with van der Waals surface area (Å²) < 4.78 is 27.9. The normalized spacial score (nSPS) is 11.5. The van der Waals surface area contributed by atoms with Crippen LogP contribution in [0.3, 0.4) is 0 Å². The predicted molar refractivity (Wildman–Crippen MR) is 73.6 cm³/mol. The van der Waals surface area contributed by atoms with Crippen LogP contribution in [0.5, 0.6) is 5.75 Å². The molecular weight excluding hydrogens is 313 g/mol. The molecule has 0 saturated heterocycles. The standard InChI is InChI=1S/C11H13Cl2NO4S/c1-6(2)14-11(15)8-4-7(12)5-9(10(8)18-3)19(13,16)17/h4-6H,1-3H3,(H,14,15). The highest BCUT2D eigenvalue weighted by Crippen LogP contribution is 2.33. The number of hydrogen-bond donors (Lipinski definition) is 1. The Bertz CT molecular complexity index is 599. The Morgan fingerprint density at radius 2 is 1.95 bits per heavy atom. The van der Waals surface area contributed by atoms with Crippen molar-refractivity contribution in [1.82, 2.24) is 5.32 Å². The van der Waals surface area contributed by atoms with Crippen molar-refractivity contribution >= 4 is 37.2 Å². The van der Waals surface area contributed by atoms with Crippen LogP contribution in [0.25, 0.3) is 0 Å². The molecule has 1 N–H and O–H groups in total. The Balaban J connectivity index is 3.48. The van der Waals surface area contributed by atoms with Crippen molar-refractivity contribution in [2.24, 2.45) is 0 Å². The third kappa shape index (κ3) is 3.99. The monoisotopic (exact) mass is 325 g/mol. The molecule has 0 aliphatic carbocycles. The summed E-state index contributed by atoms with van der Waals surface area (Å²) in [7, 11) is 2.48. The smallest absolute Gasteiger partial charge is 0.265 e. The summed E-state index contributed by atoms with van der Waals surface area (Å²) in [6, 6.07) is 2.34. The molecule has 0 heterocycles. The third-order valence-electron chi connectivity index (χ3n) is 2.15. The molecular formula is C11H13Cl2NO4S. The van der Waals surface area contributed by atoms with Gasteiger partial charge in [0.15, 0.2) is 5.75 Å². The maximum absolute atomic E-state index is 12.0. The molecule has 0 saturated carbocycles. The molecule has 106 valence electrons. The topological polar surface area (TPSA) is 72.5 Å². The molecule has 1 amide bonds. The van der Waals surface area contributed by atoms with E-state index in [4.69, 9.17) is 27.0 Å².